The lowest BCUT2D eigenvalue weighted by Gasteiger charge is -2.03. The van der Waals surface area contributed by atoms with Gasteiger partial charge in [0.25, 0.3) is 0 Å². The van der Waals surface area contributed by atoms with Gasteiger partial charge < -0.3 is 9.88 Å². The lowest BCUT2D eigenvalue weighted by atomic mass is 10.3. The molecule has 1 aromatic carbocycles. The molecule has 1 aromatic heterocycles. The van der Waals surface area contributed by atoms with E-state index in [1.807, 2.05) is 61.0 Å². The maximum absolute atomic E-state index is 11.6. The van der Waals surface area contributed by atoms with Gasteiger partial charge in [-0.3, -0.25) is 0 Å². The molecule has 5 nitrogen and oxygen atoms in total. The summed E-state index contributed by atoms with van der Waals surface area (Å²) in [5.41, 5.74) is 5.21. The van der Waals surface area contributed by atoms with Gasteiger partial charge in [-0.25, -0.2) is 10.2 Å². The van der Waals surface area contributed by atoms with E-state index in [-0.39, 0.29) is 6.03 Å². The van der Waals surface area contributed by atoms with Crippen LogP contribution in [-0.2, 0) is 7.05 Å². The molecule has 0 fully saturated rings. The van der Waals surface area contributed by atoms with Crippen molar-refractivity contribution < 1.29 is 4.79 Å². The fourth-order valence-electron chi connectivity index (χ4n) is 1.60. The van der Waals surface area contributed by atoms with E-state index in [0.29, 0.717) is 0 Å². The molecule has 19 heavy (non-hydrogen) atoms. The zero-order chi connectivity index (χ0) is 13.7. The second kappa shape index (κ2) is 5.86. The molecule has 0 aliphatic heterocycles. The first-order valence-corrected chi connectivity index (χ1v) is 5.94. The van der Waals surface area contributed by atoms with E-state index in [1.165, 1.54) is 0 Å². The molecule has 0 atom stereocenters. The minimum Gasteiger partial charge on any atom is -0.347 e. The predicted molar refractivity (Wildman–Crippen MR) is 76.3 cm³/mol. The highest BCUT2D eigenvalue weighted by molar-refractivity contribution is 5.90. The zero-order valence-electron chi connectivity index (χ0n) is 10.9. The van der Waals surface area contributed by atoms with E-state index in [9.17, 15) is 4.79 Å². The lowest BCUT2D eigenvalue weighted by molar-refractivity contribution is 0.252. The molecule has 0 saturated heterocycles. The largest absolute Gasteiger partial charge is 0.347 e. The molecule has 1 heterocycles. The SMILES string of the molecule is Cc1ccc(/C=N\NC(=O)Nc2ccccc2)n1C. The average Bonchev–Trinajstić information content (AvgIpc) is 2.72. The van der Waals surface area contributed by atoms with Gasteiger partial charge in [0.05, 0.1) is 11.9 Å². The van der Waals surface area contributed by atoms with Crippen LogP contribution in [0.5, 0.6) is 0 Å². The molecule has 98 valence electrons. The van der Waals surface area contributed by atoms with Gasteiger partial charge in [-0.1, -0.05) is 18.2 Å². The van der Waals surface area contributed by atoms with Gasteiger partial charge in [0.15, 0.2) is 0 Å². The average molecular weight is 256 g/mol. The van der Waals surface area contributed by atoms with Crippen LogP contribution in [0.2, 0.25) is 0 Å². The van der Waals surface area contributed by atoms with Crippen molar-refractivity contribution in [1.29, 1.82) is 0 Å². The topological polar surface area (TPSA) is 58.4 Å². The quantitative estimate of drug-likeness (QED) is 0.643. The molecular weight excluding hydrogens is 240 g/mol. The van der Waals surface area contributed by atoms with Crippen molar-refractivity contribution in [3.05, 3.63) is 53.9 Å². The lowest BCUT2D eigenvalue weighted by Crippen LogP contribution is -2.24. The van der Waals surface area contributed by atoms with Crippen molar-refractivity contribution in [1.82, 2.24) is 9.99 Å². The summed E-state index contributed by atoms with van der Waals surface area (Å²) in [5, 5.41) is 6.58. The van der Waals surface area contributed by atoms with E-state index in [0.717, 1.165) is 17.1 Å². The van der Waals surface area contributed by atoms with Gasteiger partial charge in [-0.05, 0) is 31.2 Å². The number of rotatable bonds is 3. The number of nitrogens with one attached hydrogen (secondary N) is 2. The summed E-state index contributed by atoms with van der Waals surface area (Å²) in [6.45, 7) is 2.01. The van der Waals surface area contributed by atoms with E-state index < -0.39 is 0 Å². The number of aromatic nitrogens is 1. The second-order valence-electron chi connectivity index (χ2n) is 4.15. The molecule has 2 N–H and O–H groups in total. The van der Waals surface area contributed by atoms with E-state index in [4.69, 9.17) is 0 Å². The number of benzene rings is 1. The third-order valence-electron chi connectivity index (χ3n) is 2.81. The first kappa shape index (κ1) is 12.9. The van der Waals surface area contributed by atoms with Crippen molar-refractivity contribution in [2.24, 2.45) is 12.1 Å². The van der Waals surface area contributed by atoms with Crippen LogP contribution < -0.4 is 10.7 Å². The number of aryl methyl sites for hydroxylation is 1. The Morgan fingerprint density at radius 1 is 1.21 bits per heavy atom. The van der Waals surface area contributed by atoms with Crippen molar-refractivity contribution in [2.45, 2.75) is 6.92 Å². The van der Waals surface area contributed by atoms with E-state index in [1.54, 1.807) is 6.21 Å². The first-order chi connectivity index (χ1) is 9.16. The third kappa shape index (κ3) is 3.45. The van der Waals surface area contributed by atoms with Crippen LogP contribution in [0.1, 0.15) is 11.4 Å². The number of anilines is 1. The molecule has 2 aromatic rings. The van der Waals surface area contributed by atoms with Crippen LogP contribution in [0.25, 0.3) is 0 Å². The molecule has 0 aliphatic rings. The monoisotopic (exact) mass is 256 g/mol. The summed E-state index contributed by atoms with van der Waals surface area (Å²) < 4.78 is 1.99. The number of carbonyl (C=O) groups excluding carboxylic acids is 1. The standard InChI is InChI=1S/C14H16N4O/c1-11-8-9-13(18(11)2)10-15-17-14(19)16-12-6-4-3-5-7-12/h3-10H,1-2H3,(H2,16,17,19)/b15-10-. The van der Waals surface area contributed by atoms with Crippen molar-refractivity contribution in [3.8, 4) is 0 Å². The zero-order valence-corrected chi connectivity index (χ0v) is 10.9. The number of hydrogen-bond acceptors (Lipinski definition) is 2. The Balaban J connectivity index is 1.89. The Labute approximate surface area is 111 Å². The maximum atomic E-state index is 11.6. The Morgan fingerprint density at radius 2 is 1.95 bits per heavy atom. The van der Waals surface area contributed by atoms with Gasteiger partial charge in [-0.2, -0.15) is 5.10 Å². The second-order valence-corrected chi connectivity index (χ2v) is 4.15. The van der Waals surface area contributed by atoms with Gasteiger partial charge in [-0.15, -0.1) is 0 Å². The number of carbonyl (C=O) groups is 1. The molecule has 0 unspecified atom stereocenters. The van der Waals surface area contributed by atoms with Crippen LogP contribution in [0, 0.1) is 6.92 Å². The summed E-state index contributed by atoms with van der Waals surface area (Å²) in [4.78, 5) is 11.6. The Morgan fingerprint density at radius 3 is 2.58 bits per heavy atom. The maximum Gasteiger partial charge on any atom is 0.339 e. The van der Waals surface area contributed by atoms with Crippen LogP contribution in [0.4, 0.5) is 10.5 Å². The Kier molecular flexibility index (Phi) is 3.97. The number of para-hydroxylation sites is 1. The molecule has 2 amide bonds. The van der Waals surface area contributed by atoms with Crippen LogP contribution in [-0.4, -0.2) is 16.8 Å². The molecule has 2 rings (SSSR count). The smallest absolute Gasteiger partial charge is 0.339 e. The highest BCUT2D eigenvalue weighted by Crippen LogP contribution is 2.04. The molecule has 0 saturated carbocycles. The summed E-state index contributed by atoms with van der Waals surface area (Å²) in [6.07, 6.45) is 1.61. The fraction of sp³-hybridized carbons (Fsp3) is 0.143. The molecule has 0 spiro atoms. The molecule has 0 bridgehead atoms. The summed E-state index contributed by atoms with van der Waals surface area (Å²) in [7, 11) is 1.95. The van der Waals surface area contributed by atoms with Crippen LogP contribution in [0.3, 0.4) is 0 Å². The molecule has 0 radical (unpaired) electrons. The molecule has 0 aliphatic carbocycles. The highest BCUT2D eigenvalue weighted by Gasteiger charge is 1.99. The number of hydrogen-bond donors (Lipinski definition) is 2. The number of amides is 2. The number of hydrazone groups is 1. The minimum absolute atomic E-state index is 0.367. The summed E-state index contributed by atoms with van der Waals surface area (Å²) in [5.74, 6) is 0. The van der Waals surface area contributed by atoms with Gasteiger partial charge >= 0.3 is 6.03 Å². The summed E-state index contributed by atoms with van der Waals surface area (Å²) in [6, 6.07) is 12.8. The Hall–Kier alpha value is -2.56. The number of nitrogens with zero attached hydrogens (tertiary/aromatic N) is 2. The van der Waals surface area contributed by atoms with Crippen LogP contribution >= 0.6 is 0 Å². The van der Waals surface area contributed by atoms with Crippen molar-refractivity contribution >= 4 is 17.9 Å². The van der Waals surface area contributed by atoms with Gasteiger partial charge in [0, 0.05) is 18.4 Å². The first-order valence-electron chi connectivity index (χ1n) is 5.94. The minimum atomic E-state index is -0.367. The van der Waals surface area contributed by atoms with Gasteiger partial charge in [0.1, 0.15) is 0 Å². The summed E-state index contributed by atoms with van der Waals surface area (Å²) >= 11 is 0. The highest BCUT2D eigenvalue weighted by atomic mass is 16.2. The molecule has 5 heteroatoms. The normalized spacial score (nSPS) is 10.6. The predicted octanol–water partition coefficient (Wildman–Crippen LogP) is 2.49. The molecular formula is C14H16N4O. The van der Waals surface area contributed by atoms with Crippen LogP contribution in [0.15, 0.2) is 47.6 Å². The van der Waals surface area contributed by atoms with E-state index >= 15 is 0 Å². The van der Waals surface area contributed by atoms with E-state index in [2.05, 4.69) is 15.8 Å². The Bertz CT molecular complexity index is 587. The third-order valence-corrected chi connectivity index (χ3v) is 2.81. The van der Waals surface area contributed by atoms with Gasteiger partial charge in [0.2, 0.25) is 0 Å². The van der Waals surface area contributed by atoms with Crippen molar-refractivity contribution in [2.75, 3.05) is 5.32 Å². The van der Waals surface area contributed by atoms with Crippen molar-refractivity contribution in [3.63, 3.8) is 0 Å². The number of urea groups is 1. The fourth-order valence-corrected chi connectivity index (χ4v) is 1.60.